The number of piperazine rings is 1. The average molecular weight is 344 g/mol. The maximum atomic E-state index is 12.2. The molecule has 0 bridgehead atoms. The second kappa shape index (κ2) is 6.90. The smallest absolute Gasteiger partial charge is 0.306 e. The van der Waals surface area contributed by atoms with Gasteiger partial charge in [-0.05, 0) is 22.0 Å². The summed E-state index contributed by atoms with van der Waals surface area (Å²) in [5.74, 6) is -0.178. The van der Waals surface area contributed by atoms with Gasteiger partial charge in [0.05, 0.1) is 13.5 Å². The van der Waals surface area contributed by atoms with Crippen molar-refractivity contribution >= 4 is 27.8 Å². The Hall–Kier alpha value is -1.34. The van der Waals surface area contributed by atoms with E-state index in [2.05, 4.69) is 30.6 Å². The van der Waals surface area contributed by atoms with Crippen molar-refractivity contribution in [2.75, 3.05) is 39.8 Å². The minimum Gasteiger partial charge on any atom is -0.469 e. The molecule has 0 radical (unpaired) electrons. The lowest BCUT2D eigenvalue weighted by molar-refractivity contribution is -0.141. The summed E-state index contributed by atoms with van der Waals surface area (Å²) in [6, 6.07) is 1.78. The summed E-state index contributed by atoms with van der Waals surface area (Å²) in [6.07, 6.45) is 2.15. The molecule has 2 rings (SSSR count). The molecule has 20 heavy (non-hydrogen) atoms. The van der Waals surface area contributed by atoms with Gasteiger partial charge >= 0.3 is 5.97 Å². The number of methoxy groups -OCH3 is 1. The molecule has 110 valence electrons. The van der Waals surface area contributed by atoms with Gasteiger partial charge in [0.15, 0.2) is 0 Å². The molecular formula is C13H18BrN3O3. The summed E-state index contributed by atoms with van der Waals surface area (Å²) in [5.41, 5.74) is 0.597. The Morgan fingerprint density at radius 1 is 1.35 bits per heavy atom. The van der Waals surface area contributed by atoms with E-state index in [9.17, 15) is 9.59 Å². The maximum absolute atomic E-state index is 12.2. The minimum absolute atomic E-state index is 0.0170. The van der Waals surface area contributed by atoms with Crippen LogP contribution in [-0.4, -0.2) is 66.5 Å². The number of hydrogen-bond donors (Lipinski definition) is 1. The third-order valence-corrected chi connectivity index (χ3v) is 3.86. The van der Waals surface area contributed by atoms with Crippen LogP contribution in [0.1, 0.15) is 16.9 Å². The minimum atomic E-state index is -0.195. The van der Waals surface area contributed by atoms with Crippen molar-refractivity contribution in [2.24, 2.45) is 0 Å². The van der Waals surface area contributed by atoms with Crippen molar-refractivity contribution in [2.45, 2.75) is 6.42 Å². The number of carbonyl (C=O) groups excluding carboxylic acids is 2. The van der Waals surface area contributed by atoms with E-state index in [0.29, 0.717) is 31.7 Å². The van der Waals surface area contributed by atoms with Crippen molar-refractivity contribution in [3.05, 3.63) is 22.4 Å². The molecule has 1 aliphatic heterocycles. The lowest BCUT2D eigenvalue weighted by atomic mass is 10.2. The lowest BCUT2D eigenvalue weighted by Crippen LogP contribution is -2.49. The number of nitrogens with zero attached hydrogens (tertiary/aromatic N) is 2. The van der Waals surface area contributed by atoms with Crippen LogP contribution >= 0.6 is 15.9 Å². The van der Waals surface area contributed by atoms with E-state index in [1.165, 1.54) is 7.11 Å². The highest BCUT2D eigenvalue weighted by atomic mass is 79.9. The highest BCUT2D eigenvalue weighted by Gasteiger charge is 2.23. The quantitative estimate of drug-likeness (QED) is 0.831. The molecule has 0 atom stereocenters. The van der Waals surface area contributed by atoms with Crippen LogP contribution in [0.25, 0.3) is 0 Å². The largest absolute Gasteiger partial charge is 0.469 e. The predicted octanol–water partition coefficient (Wildman–Crippen LogP) is 1.10. The van der Waals surface area contributed by atoms with Crippen LogP contribution < -0.4 is 0 Å². The predicted molar refractivity (Wildman–Crippen MR) is 77.5 cm³/mol. The molecule has 0 aromatic carbocycles. The maximum Gasteiger partial charge on any atom is 0.306 e. The first-order valence-electron chi connectivity index (χ1n) is 6.52. The third kappa shape index (κ3) is 3.83. The van der Waals surface area contributed by atoms with Crippen LogP contribution in [0.2, 0.25) is 0 Å². The molecule has 2 heterocycles. The highest BCUT2D eigenvalue weighted by Crippen LogP contribution is 2.13. The van der Waals surface area contributed by atoms with Crippen LogP contribution in [0.3, 0.4) is 0 Å². The number of aromatic amines is 1. The van der Waals surface area contributed by atoms with Gasteiger partial charge in [-0.1, -0.05) is 0 Å². The van der Waals surface area contributed by atoms with E-state index in [1.807, 2.05) is 4.90 Å². The van der Waals surface area contributed by atoms with Crippen molar-refractivity contribution in [3.63, 3.8) is 0 Å². The Kier molecular flexibility index (Phi) is 5.19. The van der Waals surface area contributed by atoms with Gasteiger partial charge in [0.2, 0.25) is 0 Å². The summed E-state index contributed by atoms with van der Waals surface area (Å²) in [5, 5.41) is 0. The number of ether oxygens (including phenoxy) is 1. The van der Waals surface area contributed by atoms with Gasteiger partial charge in [-0.25, -0.2) is 0 Å². The number of rotatable bonds is 4. The number of aromatic nitrogens is 1. The van der Waals surface area contributed by atoms with Crippen LogP contribution in [0.15, 0.2) is 16.7 Å². The fourth-order valence-corrected chi connectivity index (χ4v) is 2.53. The highest BCUT2D eigenvalue weighted by molar-refractivity contribution is 9.10. The first-order valence-corrected chi connectivity index (χ1v) is 7.32. The number of carbonyl (C=O) groups is 2. The SMILES string of the molecule is COC(=O)CCN1CCN(C(=O)c2cc(Br)c[nH]2)CC1. The van der Waals surface area contributed by atoms with E-state index >= 15 is 0 Å². The zero-order valence-corrected chi connectivity index (χ0v) is 13.0. The first kappa shape index (κ1) is 15.1. The summed E-state index contributed by atoms with van der Waals surface area (Å²) < 4.78 is 5.49. The fraction of sp³-hybridized carbons (Fsp3) is 0.538. The molecule has 1 N–H and O–H groups in total. The fourth-order valence-electron chi connectivity index (χ4n) is 2.19. The number of H-pyrrole nitrogens is 1. The molecule has 0 aliphatic carbocycles. The molecule has 0 unspecified atom stereocenters. The molecule has 1 aromatic heterocycles. The molecule has 6 nitrogen and oxygen atoms in total. The van der Waals surface area contributed by atoms with Gasteiger partial charge in [0.25, 0.3) is 5.91 Å². The van der Waals surface area contributed by atoms with Crippen LogP contribution in [0, 0.1) is 0 Å². The van der Waals surface area contributed by atoms with Gasteiger partial charge in [-0.2, -0.15) is 0 Å². The Morgan fingerprint density at radius 2 is 2.05 bits per heavy atom. The van der Waals surface area contributed by atoms with E-state index in [4.69, 9.17) is 0 Å². The van der Waals surface area contributed by atoms with Gasteiger partial charge in [-0.3, -0.25) is 14.5 Å². The molecule has 1 amide bonds. The summed E-state index contributed by atoms with van der Waals surface area (Å²) >= 11 is 3.32. The summed E-state index contributed by atoms with van der Waals surface area (Å²) in [6.45, 7) is 3.60. The third-order valence-electron chi connectivity index (χ3n) is 3.40. The van der Waals surface area contributed by atoms with Crippen LogP contribution in [-0.2, 0) is 9.53 Å². The molecule has 1 fully saturated rings. The van der Waals surface area contributed by atoms with Gasteiger partial charge in [-0.15, -0.1) is 0 Å². The topological polar surface area (TPSA) is 65.6 Å². The number of esters is 1. The molecular weight excluding hydrogens is 326 g/mol. The van der Waals surface area contributed by atoms with Gasteiger partial charge in [0, 0.05) is 43.4 Å². The van der Waals surface area contributed by atoms with Gasteiger partial charge in [0.1, 0.15) is 5.69 Å². The van der Waals surface area contributed by atoms with Crippen molar-refractivity contribution in [3.8, 4) is 0 Å². The molecule has 1 aromatic rings. The number of halogens is 1. The normalized spacial score (nSPS) is 16.2. The van der Waals surface area contributed by atoms with E-state index in [1.54, 1.807) is 12.3 Å². The zero-order chi connectivity index (χ0) is 14.5. The lowest BCUT2D eigenvalue weighted by Gasteiger charge is -2.34. The molecule has 1 saturated heterocycles. The zero-order valence-electron chi connectivity index (χ0n) is 11.4. The first-order chi connectivity index (χ1) is 9.60. The Labute approximate surface area is 126 Å². The molecule has 7 heteroatoms. The summed E-state index contributed by atoms with van der Waals surface area (Å²) in [4.78, 5) is 30.3. The standard InChI is InChI=1S/C13H18BrN3O3/c1-20-12(18)2-3-16-4-6-17(7-5-16)13(19)11-8-10(14)9-15-11/h8-9,15H,2-7H2,1H3. The van der Waals surface area contributed by atoms with Crippen LogP contribution in [0.4, 0.5) is 0 Å². The van der Waals surface area contributed by atoms with E-state index in [0.717, 1.165) is 17.6 Å². The molecule has 1 aliphatic rings. The Balaban J connectivity index is 1.79. The van der Waals surface area contributed by atoms with E-state index < -0.39 is 0 Å². The second-order valence-electron chi connectivity index (χ2n) is 4.69. The number of amides is 1. The number of nitrogens with one attached hydrogen (secondary N) is 1. The monoisotopic (exact) mass is 343 g/mol. The second-order valence-corrected chi connectivity index (χ2v) is 5.61. The van der Waals surface area contributed by atoms with E-state index in [-0.39, 0.29) is 11.9 Å². The molecule has 0 spiro atoms. The molecule has 0 saturated carbocycles. The summed E-state index contributed by atoms with van der Waals surface area (Å²) in [7, 11) is 1.40. The van der Waals surface area contributed by atoms with Crippen molar-refractivity contribution in [1.82, 2.24) is 14.8 Å². The Morgan fingerprint density at radius 3 is 2.60 bits per heavy atom. The Bertz CT molecular complexity index is 481. The number of hydrogen-bond acceptors (Lipinski definition) is 4. The van der Waals surface area contributed by atoms with Crippen molar-refractivity contribution in [1.29, 1.82) is 0 Å². The van der Waals surface area contributed by atoms with Crippen LogP contribution in [0.5, 0.6) is 0 Å². The van der Waals surface area contributed by atoms with Crippen molar-refractivity contribution < 1.29 is 14.3 Å². The van der Waals surface area contributed by atoms with Gasteiger partial charge < -0.3 is 14.6 Å². The average Bonchev–Trinajstić information content (AvgIpc) is 2.91.